The summed E-state index contributed by atoms with van der Waals surface area (Å²) in [7, 11) is 1.62. The van der Waals surface area contributed by atoms with Crippen LogP contribution in [0.15, 0.2) is 54.6 Å². The van der Waals surface area contributed by atoms with Gasteiger partial charge in [0, 0.05) is 31.4 Å². The summed E-state index contributed by atoms with van der Waals surface area (Å²) in [6.45, 7) is -0.266. The molecule has 0 saturated carbocycles. The normalized spacial score (nSPS) is 21.1. The molecule has 0 aromatic heterocycles. The zero-order chi connectivity index (χ0) is 32.5. The van der Waals surface area contributed by atoms with Gasteiger partial charge in [-0.05, 0) is 68.3 Å². The number of nitrogens with two attached hydrogens (primary N) is 2. The molecule has 2 aromatic rings. The van der Waals surface area contributed by atoms with E-state index in [1.807, 2.05) is 54.6 Å². The minimum atomic E-state index is -0.799. The fraction of sp³-hybridized carbons (Fsp3) is 0.452. The summed E-state index contributed by atoms with van der Waals surface area (Å²) >= 11 is 0. The van der Waals surface area contributed by atoms with Gasteiger partial charge in [0.2, 0.25) is 17.7 Å². The standard InChI is InChI=1S/C29H39N5O4.2CH2O2/c1-38-23-12-7-19(8-13-23)15-16-32-28(36)25-14-11-22-10-9-21(18-30)26(29(37)34(22)25)33-27(35)24(31)17-20-5-3-2-4-6-20;2*2-1-3/h2-8,12-13,21-22,24-26H,9-11,14-18,30-31H2,1H3,(H,32,36)(H,33,35);2*1H,(H,2,3)/p-2/t21-,22+,24-,25+,26+;;/m1../s1. The average Bonchev–Trinajstić information content (AvgIpc) is 3.40. The van der Waals surface area contributed by atoms with Gasteiger partial charge in [-0.1, -0.05) is 42.5 Å². The summed E-state index contributed by atoms with van der Waals surface area (Å²) in [6.07, 6.45) is 3.86. The van der Waals surface area contributed by atoms with Crippen LogP contribution in [0, 0.1) is 5.92 Å². The Labute approximate surface area is 256 Å². The van der Waals surface area contributed by atoms with Crippen molar-refractivity contribution < 1.29 is 38.9 Å². The van der Waals surface area contributed by atoms with Crippen LogP contribution in [0.3, 0.4) is 0 Å². The van der Waals surface area contributed by atoms with Crippen LogP contribution in [0.25, 0.3) is 0 Å². The van der Waals surface area contributed by atoms with Crippen LogP contribution in [0.1, 0.15) is 36.8 Å². The highest BCUT2D eigenvalue weighted by Crippen LogP contribution is 2.34. The lowest BCUT2D eigenvalue weighted by Gasteiger charge is -2.32. The largest absolute Gasteiger partial charge is 0.554 e. The van der Waals surface area contributed by atoms with Crippen molar-refractivity contribution in [2.24, 2.45) is 17.4 Å². The molecule has 13 heteroatoms. The number of methoxy groups -OCH3 is 1. The van der Waals surface area contributed by atoms with Gasteiger partial charge in [-0.3, -0.25) is 14.4 Å². The number of carbonyl (C=O) groups is 5. The fourth-order valence-corrected chi connectivity index (χ4v) is 5.59. The van der Waals surface area contributed by atoms with E-state index in [4.69, 9.17) is 36.0 Å². The summed E-state index contributed by atoms with van der Waals surface area (Å²) in [5.74, 6) is -0.209. The number of amides is 3. The number of ether oxygens (including phenoxy) is 1. The number of carboxylic acid groups (broad SMARTS) is 2. The van der Waals surface area contributed by atoms with Gasteiger partial charge in [0.05, 0.1) is 13.2 Å². The average molecular weight is 612 g/mol. The van der Waals surface area contributed by atoms with E-state index in [0.717, 1.165) is 29.7 Å². The SMILES string of the molecule is COc1ccc(CCNC(=O)[C@@H]2CC[C@@H]3CC[C@H](CN)[C@H](NC(=O)[C@H](N)Cc4ccccc4)C(=O)N32)cc1.O=C[O-].O=C[O-]. The van der Waals surface area contributed by atoms with Gasteiger partial charge in [-0.25, -0.2) is 0 Å². The molecule has 4 rings (SSSR count). The van der Waals surface area contributed by atoms with Crippen molar-refractivity contribution in [1.82, 2.24) is 15.5 Å². The van der Waals surface area contributed by atoms with Gasteiger partial charge in [0.25, 0.3) is 0 Å². The molecule has 2 aliphatic heterocycles. The molecular weight excluding hydrogens is 570 g/mol. The van der Waals surface area contributed by atoms with Gasteiger partial charge < -0.3 is 51.5 Å². The van der Waals surface area contributed by atoms with E-state index in [1.165, 1.54) is 0 Å². The third-order valence-corrected chi connectivity index (χ3v) is 7.78. The van der Waals surface area contributed by atoms with Crippen molar-refractivity contribution in [1.29, 1.82) is 0 Å². The first kappa shape index (κ1) is 35.7. The third-order valence-electron chi connectivity index (χ3n) is 7.78. The molecule has 6 N–H and O–H groups in total. The molecule has 44 heavy (non-hydrogen) atoms. The summed E-state index contributed by atoms with van der Waals surface area (Å²) in [5.41, 5.74) is 14.3. The molecule has 0 spiro atoms. The van der Waals surface area contributed by atoms with Crippen LogP contribution in [-0.4, -0.2) is 79.9 Å². The molecule has 2 heterocycles. The van der Waals surface area contributed by atoms with Crippen molar-refractivity contribution in [3.63, 3.8) is 0 Å². The molecule has 5 atom stereocenters. The van der Waals surface area contributed by atoms with Crippen LogP contribution in [0.2, 0.25) is 0 Å². The van der Waals surface area contributed by atoms with E-state index < -0.39 is 31.1 Å². The van der Waals surface area contributed by atoms with Crippen molar-refractivity contribution >= 4 is 30.7 Å². The van der Waals surface area contributed by atoms with Crippen molar-refractivity contribution in [2.45, 2.75) is 62.7 Å². The number of nitrogens with zero attached hydrogens (tertiary/aromatic N) is 1. The quantitative estimate of drug-likeness (QED) is 0.214. The van der Waals surface area contributed by atoms with Crippen LogP contribution in [0.5, 0.6) is 5.75 Å². The summed E-state index contributed by atoms with van der Waals surface area (Å²) < 4.78 is 5.19. The monoisotopic (exact) mass is 611 g/mol. The lowest BCUT2D eigenvalue weighted by atomic mass is 9.93. The Morgan fingerprint density at radius 1 is 1.00 bits per heavy atom. The third kappa shape index (κ3) is 10.3. The van der Waals surface area contributed by atoms with E-state index in [9.17, 15) is 14.4 Å². The number of hydrogen-bond acceptors (Lipinski definition) is 10. The highest BCUT2D eigenvalue weighted by molar-refractivity contribution is 5.94. The number of benzene rings is 2. The predicted octanol–water partition coefficient (Wildman–Crippen LogP) is -2.13. The van der Waals surface area contributed by atoms with E-state index in [1.54, 1.807) is 12.0 Å². The highest BCUT2D eigenvalue weighted by Gasteiger charge is 2.47. The zero-order valence-electron chi connectivity index (χ0n) is 24.8. The van der Waals surface area contributed by atoms with Crippen molar-refractivity contribution in [2.75, 3.05) is 20.2 Å². The van der Waals surface area contributed by atoms with E-state index >= 15 is 0 Å². The first-order valence-electron chi connectivity index (χ1n) is 14.4. The van der Waals surface area contributed by atoms with Gasteiger partial charge in [0.15, 0.2) is 0 Å². The highest BCUT2D eigenvalue weighted by atomic mass is 16.5. The van der Waals surface area contributed by atoms with Gasteiger partial charge >= 0.3 is 0 Å². The number of fused-ring (bicyclic) bond motifs is 1. The Balaban J connectivity index is 0.00000104. The predicted molar refractivity (Wildman–Crippen MR) is 157 cm³/mol. The second-order valence-corrected chi connectivity index (χ2v) is 10.4. The molecule has 2 saturated heterocycles. The van der Waals surface area contributed by atoms with E-state index in [-0.39, 0.29) is 36.2 Å². The van der Waals surface area contributed by atoms with Crippen molar-refractivity contribution in [3.8, 4) is 5.75 Å². The second-order valence-electron chi connectivity index (χ2n) is 10.4. The van der Waals surface area contributed by atoms with Crippen molar-refractivity contribution in [3.05, 3.63) is 65.7 Å². The molecule has 2 aromatic carbocycles. The Bertz CT molecular complexity index is 1190. The van der Waals surface area contributed by atoms with Crippen LogP contribution in [-0.2, 0) is 36.8 Å². The Morgan fingerprint density at radius 2 is 1.61 bits per heavy atom. The lowest BCUT2D eigenvalue weighted by molar-refractivity contribution is -0.284. The summed E-state index contributed by atoms with van der Waals surface area (Å²) in [4.78, 5) is 58.2. The van der Waals surface area contributed by atoms with E-state index in [2.05, 4.69) is 10.6 Å². The lowest BCUT2D eigenvalue weighted by Crippen LogP contribution is -2.59. The first-order chi connectivity index (χ1) is 21.2. The molecule has 2 aliphatic rings. The molecule has 2 fully saturated rings. The molecular formula is C31H41N5O8-2. The Morgan fingerprint density at radius 3 is 2.20 bits per heavy atom. The molecule has 0 unspecified atom stereocenters. The van der Waals surface area contributed by atoms with Crippen LogP contribution >= 0.6 is 0 Å². The topological polar surface area (TPSA) is 220 Å². The maximum atomic E-state index is 13.8. The van der Waals surface area contributed by atoms with E-state index in [0.29, 0.717) is 32.2 Å². The molecule has 240 valence electrons. The molecule has 0 radical (unpaired) electrons. The molecule has 0 bridgehead atoms. The minimum Gasteiger partial charge on any atom is -0.554 e. The van der Waals surface area contributed by atoms with Gasteiger partial charge in [0.1, 0.15) is 17.8 Å². The zero-order valence-corrected chi connectivity index (χ0v) is 24.8. The minimum absolute atomic E-state index is 0.0335. The maximum absolute atomic E-state index is 13.8. The molecule has 3 amide bonds. The smallest absolute Gasteiger partial charge is 0.246 e. The van der Waals surface area contributed by atoms with Gasteiger partial charge in [-0.15, -0.1) is 0 Å². The number of hydrogen-bond donors (Lipinski definition) is 4. The van der Waals surface area contributed by atoms with Crippen LogP contribution in [0.4, 0.5) is 0 Å². The molecule has 0 aliphatic carbocycles. The fourth-order valence-electron chi connectivity index (χ4n) is 5.59. The summed E-state index contributed by atoms with van der Waals surface area (Å²) in [6, 6.07) is 15.1. The first-order valence-corrected chi connectivity index (χ1v) is 14.4. The Kier molecular flexibility index (Phi) is 15.4. The number of nitrogens with one attached hydrogen (secondary N) is 2. The summed E-state index contributed by atoms with van der Waals surface area (Å²) in [5, 5.41) is 22.4. The van der Waals surface area contributed by atoms with Crippen LogP contribution < -0.4 is 37.1 Å². The molecule has 13 nitrogen and oxygen atoms in total. The Hall–Kier alpha value is -4.49. The second kappa shape index (κ2) is 18.9. The number of carbonyl (C=O) groups excluding carboxylic acids is 5. The number of rotatable bonds is 10. The maximum Gasteiger partial charge on any atom is 0.246 e. The van der Waals surface area contributed by atoms with Gasteiger partial charge in [-0.2, -0.15) is 0 Å².